The van der Waals surface area contributed by atoms with Crippen LogP contribution >= 0.6 is 0 Å². The van der Waals surface area contributed by atoms with Crippen molar-refractivity contribution >= 4 is 16.9 Å². The molecule has 6 nitrogen and oxygen atoms in total. The second kappa shape index (κ2) is 9.21. The summed E-state index contributed by atoms with van der Waals surface area (Å²) in [5.41, 5.74) is 2.23. The van der Waals surface area contributed by atoms with Gasteiger partial charge in [-0.25, -0.2) is 4.79 Å². The molecule has 2 heterocycles. The average Bonchev–Trinajstić information content (AvgIpc) is 2.77. The second-order valence-corrected chi connectivity index (χ2v) is 8.52. The van der Waals surface area contributed by atoms with Crippen LogP contribution in [0.3, 0.4) is 0 Å². The largest absolute Gasteiger partial charge is 0.481 e. The standard InChI is InChI=1S/C24H31NO5/c1-16(23(26)25-12-9-17(10-13-25)11-14-28-2)29-18-7-8-20-19-5-3-4-6-21(19)24(27)30-22(20)15-18/h7-8,15-17H,3-6,9-14H2,1-2H3. The van der Waals surface area contributed by atoms with Crippen LogP contribution in [-0.2, 0) is 22.4 Å². The minimum atomic E-state index is -0.581. The first-order valence-electron chi connectivity index (χ1n) is 11.1. The molecule has 1 aliphatic carbocycles. The van der Waals surface area contributed by atoms with E-state index in [2.05, 4.69) is 0 Å². The van der Waals surface area contributed by atoms with Gasteiger partial charge in [-0.1, -0.05) is 0 Å². The highest BCUT2D eigenvalue weighted by Gasteiger charge is 2.27. The number of hydrogen-bond acceptors (Lipinski definition) is 5. The van der Waals surface area contributed by atoms with Gasteiger partial charge in [0, 0.05) is 43.8 Å². The van der Waals surface area contributed by atoms with E-state index in [9.17, 15) is 9.59 Å². The van der Waals surface area contributed by atoms with Crippen LogP contribution in [0.1, 0.15) is 50.2 Å². The van der Waals surface area contributed by atoms with E-state index in [0.717, 1.165) is 81.2 Å². The number of aryl methyl sites for hydroxylation is 1. The van der Waals surface area contributed by atoms with Crippen molar-refractivity contribution in [1.29, 1.82) is 0 Å². The van der Waals surface area contributed by atoms with Crippen molar-refractivity contribution < 1.29 is 18.7 Å². The second-order valence-electron chi connectivity index (χ2n) is 8.52. The molecule has 1 saturated heterocycles. The van der Waals surface area contributed by atoms with Gasteiger partial charge in [0.05, 0.1) is 0 Å². The van der Waals surface area contributed by atoms with Gasteiger partial charge in [0.1, 0.15) is 11.3 Å². The van der Waals surface area contributed by atoms with E-state index in [0.29, 0.717) is 17.3 Å². The summed E-state index contributed by atoms with van der Waals surface area (Å²) in [6.45, 7) is 4.09. The lowest BCUT2D eigenvalue weighted by Crippen LogP contribution is -2.44. The monoisotopic (exact) mass is 413 g/mol. The summed E-state index contributed by atoms with van der Waals surface area (Å²) in [7, 11) is 1.73. The molecule has 4 rings (SSSR count). The molecule has 0 radical (unpaired) electrons. The molecule has 0 N–H and O–H groups in total. The van der Waals surface area contributed by atoms with Crippen molar-refractivity contribution in [1.82, 2.24) is 4.90 Å². The summed E-state index contributed by atoms with van der Waals surface area (Å²) in [6, 6.07) is 5.57. The minimum Gasteiger partial charge on any atom is -0.481 e. The number of carbonyl (C=O) groups is 1. The topological polar surface area (TPSA) is 69.0 Å². The number of ether oxygens (including phenoxy) is 2. The lowest BCUT2D eigenvalue weighted by atomic mass is 9.91. The maximum atomic E-state index is 12.8. The molecule has 2 aliphatic rings. The molecular weight excluding hydrogens is 382 g/mol. The first-order valence-corrected chi connectivity index (χ1v) is 11.1. The lowest BCUT2D eigenvalue weighted by Gasteiger charge is -2.33. The first kappa shape index (κ1) is 20.9. The number of benzene rings is 1. The highest BCUT2D eigenvalue weighted by molar-refractivity contribution is 5.84. The predicted octanol–water partition coefficient (Wildman–Crippen LogP) is 3.71. The smallest absolute Gasteiger partial charge is 0.339 e. The number of likely N-dealkylation sites (tertiary alicyclic amines) is 1. The third kappa shape index (κ3) is 4.38. The number of nitrogens with zero attached hydrogens (tertiary/aromatic N) is 1. The van der Waals surface area contributed by atoms with E-state index in [4.69, 9.17) is 13.9 Å². The van der Waals surface area contributed by atoms with Crippen molar-refractivity contribution in [2.24, 2.45) is 5.92 Å². The molecule has 1 fully saturated rings. The van der Waals surface area contributed by atoms with E-state index < -0.39 is 6.10 Å². The number of piperidine rings is 1. The molecule has 1 aliphatic heterocycles. The molecule has 162 valence electrons. The van der Waals surface area contributed by atoms with Gasteiger partial charge >= 0.3 is 5.63 Å². The predicted molar refractivity (Wildman–Crippen MR) is 115 cm³/mol. The molecule has 0 saturated carbocycles. The van der Waals surface area contributed by atoms with E-state index >= 15 is 0 Å². The number of rotatable bonds is 6. The summed E-state index contributed by atoms with van der Waals surface area (Å²) in [6.07, 6.45) is 6.32. The Balaban J connectivity index is 1.42. The Morgan fingerprint density at radius 2 is 1.93 bits per heavy atom. The van der Waals surface area contributed by atoms with E-state index in [-0.39, 0.29) is 11.5 Å². The number of hydrogen-bond donors (Lipinski definition) is 0. The molecule has 1 aromatic carbocycles. The van der Waals surface area contributed by atoms with Crippen LogP contribution in [0.15, 0.2) is 27.4 Å². The molecule has 6 heteroatoms. The fourth-order valence-electron chi connectivity index (χ4n) is 4.74. The molecule has 2 aromatic rings. The van der Waals surface area contributed by atoms with Gasteiger partial charge in [-0.05, 0) is 75.5 Å². The Kier molecular flexibility index (Phi) is 6.42. The molecule has 1 aromatic heterocycles. The fraction of sp³-hybridized carbons (Fsp3) is 0.583. The number of carbonyl (C=O) groups excluding carboxylic acids is 1. The third-order valence-corrected chi connectivity index (χ3v) is 6.51. The zero-order valence-corrected chi connectivity index (χ0v) is 17.9. The van der Waals surface area contributed by atoms with Crippen LogP contribution in [-0.4, -0.2) is 43.7 Å². The van der Waals surface area contributed by atoms with Crippen molar-refractivity contribution in [2.45, 2.75) is 58.0 Å². The average molecular weight is 414 g/mol. The van der Waals surface area contributed by atoms with Crippen molar-refractivity contribution in [3.63, 3.8) is 0 Å². The first-order chi connectivity index (χ1) is 14.6. The lowest BCUT2D eigenvalue weighted by molar-refractivity contribution is -0.139. The van der Waals surface area contributed by atoms with Gasteiger partial charge < -0.3 is 18.8 Å². The van der Waals surface area contributed by atoms with Gasteiger partial charge in [-0.15, -0.1) is 0 Å². The van der Waals surface area contributed by atoms with E-state index in [1.54, 1.807) is 20.1 Å². The van der Waals surface area contributed by atoms with Gasteiger partial charge in [-0.2, -0.15) is 0 Å². The summed E-state index contributed by atoms with van der Waals surface area (Å²) in [4.78, 5) is 27.1. The number of methoxy groups -OCH3 is 1. The fourth-order valence-corrected chi connectivity index (χ4v) is 4.74. The summed E-state index contributed by atoms with van der Waals surface area (Å²) < 4.78 is 16.7. The number of amides is 1. The van der Waals surface area contributed by atoms with Crippen LogP contribution < -0.4 is 10.4 Å². The minimum absolute atomic E-state index is 0.00665. The quantitative estimate of drug-likeness (QED) is 0.675. The zero-order valence-electron chi connectivity index (χ0n) is 17.9. The Hall–Kier alpha value is -2.34. The van der Waals surface area contributed by atoms with Gasteiger partial charge in [-0.3, -0.25) is 4.79 Å². The molecule has 0 spiro atoms. The SMILES string of the molecule is COCCC1CCN(C(=O)C(C)Oc2ccc3c4c(c(=O)oc3c2)CCCC4)CC1. The van der Waals surface area contributed by atoms with E-state index in [1.165, 1.54) is 0 Å². The van der Waals surface area contributed by atoms with Gasteiger partial charge in [0.25, 0.3) is 5.91 Å². The Morgan fingerprint density at radius 1 is 1.20 bits per heavy atom. The van der Waals surface area contributed by atoms with Crippen molar-refractivity contribution in [3.8, 4) is 5.75 Å². The molecule has 30 heavy (non-hydrogen) atoms. The van der Waals surface area contributed by atoms with Gasteiger partial charge in [0.15, 0.2) is 6.10 Å². The number of fused-ring (bicyclic) bond motifs is 3. The highest BCUT2D eigenvalue weighted by Crippen LogP contribution is 2.29. The highest BCUT2D eigenvalue weighted by atomic mass is 16.5. The molecule has 1 unspecified atom stereocenters. The molecule has 1 atom stereocenters. The maximum absolute atomic E-state index is 12.8. The molecule has 0 bridgehead atoms. The molecular formula is C24H31NO5. The van der Waals surface area contributed by atoms with E-state index in [1.807, 2.05) is 17.0 Å². The molecule has 1 amide bonds. The van der Waals surface area contributed by atoms with Crippen molar-refractivity contribution in [2.75, 3.05) is 26.8 Å². The van der Waals surface area contributed by atoms with Crippen LogP contribution in [0.5, 0.6) is 5.75 Å². The summed E-state index contributed by atoms with van der Waals surface area (Å²) in [5, 5.41) is 0.980. The third-order valence-electron chi connectivity index (χ3n) is 6.51. The maximum Gasteiger partial charge on any atom is 0.339 e. The van der Waals surface area contributed by atoms with Crippen LogP contribution in [0.2, 0.25) is 0 Å². The van der Waals surface area contributed by atoms with Crippen LogP contribution in [0, 0.1) is 5.92 Å². The summed E-state index contributed by atoms with van der Waals surface area (Å²) in [5.74, 6) is 1.18. The zero-order chi connectivity index (χ0) is 21.1. The summed E-state index contributed by atoms with van der Waals surface area (Å²) >= 11 is 0. The van der Waals surface area contributed by atoms with Crippen LogP contribution in [0.4, 0.5) is 0 Å². The Labute approximate surface area is 177 Å². The Morgan fingerprint density at radius 3 is 2.67 bits per heavy atom. The van der Waals surface area contributed by atoms with Gasteiger partial charge in [0.2, 0.25) is 0 Å². The Bertz CT molecular complexity index is 958. The van der Waals surface area contributed by atoms with Crippen LogP contribution in [0.25, 0.3) is 11.0 Å². The normalized spacial score (nSPS) is 18.3. The van der Waals surface area contributed by atoms with Crippen molar-refractivity contribution in [3.05, 3.63) is 39.7 Å².